The van der Waals surface area contributed by atoms with Crippen molar-refractivity contribution in [3.63, 3.8) is 0 Å². The normalized spacial score (nSPS) is 24.4. The van der Waals surface area contributed by atoms with E-state index < -0.39 is 10.0 Å². The summed E-state index contributed by atoms with van der Waals surface area (Å²) in [6.45, 7) is 5.25. The average molecular weight is 371 g/mol. The van der Waals surface area contributed by atoms with Gasteiger partial charge in [-0.25, -0.2) is 13.1 Å². The third-order valence-corrected chi connectivity index (χ3v) is 6.96. The lowest BCUT2D eigenvalue weighted by atomic mass is 9.92. The van der Waals surface area contributed by atoms with Crippen molar-refractivity contribution in [3.8, 4) is 0 Å². The average Bonchev–Trinajstić information content (AvgIpc) is 3.09. The molecule has 7 heteroatoms. The molecule has 24 heavy (non-hydrogen) atoms. The van der Waals surface area contributed by atoms with Gasteiger partial charge in [-0.05, 0) is 54.0 Å². The van der Waals surface area contributed by atoms with Crippen molar-refractivity contribution in [2.75, 3.05) is 19.3 Å². The lowest BCUT2D eigenvalue weighted by Crippen LogP contribution is -2.41. The second-order valence-electron chi connectivity index (χ2n) is 7.39. The van der Waals surface area contributed by atoms with E-state index in [-0.39, 0.29) is 17.9 Å². The van der Waals surface area contributed by atoms with Crippen molar-refractivity contribution < 1.29 is 13.2 Å². The SMILES string of the molecule is CC(C)[C@@H]1CN(C(=O)c2scc3c2CCCC3)C[C@H]1NS(C)(=O)=O. The van der Waals surface area contributed by atoms with Gasteiger partial charge < -0.3 is 4.90 Å². The number of hydrogen-bond acceptors (Lipinski definition) is 4. The Bertz CT molecular complexity index is 724. The highest BCUT2D eigenvalue weighted by molar-refractivity contribution is 7.88. The van der Waals surface area contributed by atoms with Crippen LogP contribution in [-0.2, 0) is 22.9 Å². The highest BCUT2D eigenvalue weighted by Crippen LogP contribution is 2.33. The van der Waals surface area contributed by atoms with Crippen molar-refractivity contribution >= 4 is 27.3 Å². The first-order valence-corrected chi connectivity index (χ1v) is 11.4. The number of hydrogen-bond donors (Lipinski definition) is 1. The topological polar surface area (TPSA) is 66.5 Å². The fourth-order valence-electron chi connectivity index (χ4n) is 3.91. The number of fused-ring (bicyclic) bond motifs is 1. The van der Waals surface area contributed by atoms with Crippen LogP contribution < -0.4 is 4.72 Å². The highest BCUT2D eigenvalue weighted by Gasteiger charge is 2.39. The quantitative estimate of drug-likeness (QED) is 0.884. The minimum atomic E-state index is -3.28. The molecule has 1 amide bonds. The molecular weight excluding hydrogens is 344 g/mol. The van der Waals surface area contributed by atoms with E-state index in [1.165, 1.54) is 23.8 Å². The molecule has 1 fully saturated rings. The Labute approximate surface area is 148 Å². The Hall–Kier alpha value is -0.920. The summed E-state index contributed by atoms with van der Waals surface area (Å²) in [4.78, 5) is 15.7. The van der Waals surface area contributed by atoms with E-state index in [4.69, 9.17) is 0 Å². The van der Waals surface area contributed by atoms with E-state index in [1.807, 2.05) is 4.90 Å². The molecule has 0 radical (unpaired) electrons. The molecule has 1 aromatic heterocycles. The molecule has 1 aliphatic heterocycles. The number of likely N-dealkylation sites (tertiary alicyclic amines) is 1. The molecule has 1 saturated heterocycles. The van der Waals surface area contributed by atoms with Crippen LogP contribution in [-0.4, -0.2) is 44.6 Å². The first-order chi connectivity index (χ1) is 11.3. The number of carbonyl (C=O) groups is 1. The summed E-state index contributed by atoms with van der Waals surface area (Å²) >= 11 is 1.55. The van der Waals surface area contributed by atoms with Crippen LogP contribution in [0.1, 0.15) is 47.5 Å². The molecule has 2 heterocycles. The maximum atomic E-state index is 13.0. The smallest absolute Gasteiger partial charge is 0.264 e. The third kappa shape index (κ3) is 3.68. The van der Waals surface area contributed by atoms with E-state index in [9.17, 15) is 13.2 Å². The predicted molar refractivity (Wildman–Crippen MR) is 97.0 cm³/mol. The van der Waals surface area contributed by atoms with Crippen LogP contribution in [0.15, 0.2) is 5.38 Å². The maximum Gasteiger partial charge on any atom is 0.264 e. The summed E-state index contributed by atoms with van der Waals surface area (Å²) in [6.07, 6.45) is 5.61. The van der Waals surface area contributed by atoms with Crippen molar-refractivity contribution in [2.45, 2.75) is 45.6 Å². The van der Waals surface area contributed by atoms with E-state index >= 15 is 0 Å². The predicted octanol–water partition coefficient (Wildman–Crippen LogP) is 2.27. The molecule has 3 rings (SSSR count). The van der Waals surface area contributed by atoms with Crippen LogP contribution in [0.2, 0.25) is 0 Å². The Morgan fingerprint density at radius 3 is 2.67 bits per heavy atom. The van der Waals surface area contributed by atoms with Gasteiger partial charge in [-0.2, -0.15) is 0 Å². The first kappa shape index (κ1) is 17.9. The zero-order valence-electron chi connectivity index (χ0n) is 14.5. The number of nitrogens with one attached hydrogen (secondary N) is 1. The molecule has 134 valence electrons. The van der Waals surface area contributed by atoms with Crippen LogP contribution in [0, 0.1) is 11.8 Å². The van der Waals surface area contributed by atoms with Crippen molar-refractivity contribution in [3.05, 3.63) is 21.4 Å². The number of amides is 1. The van der Waals surface area contributed by atoms with Gasteiger partial charge in [-0.1, -0.05) is 13.8 Å². The van der Waals surface area contributed by atoms with Crippen LogP contribution >= 0.6 is 11.3 Å². The van der Waals surface area contributed by atoms with Gasteiger partial charge in [0.2, 0.25) is 10.0 Å². The number of nitrogens with zero attached hydrogens (tertiary/aromatic N) is 1. The highest BCUT2D eigenvalue weighted by atomic mass is 32.2. The number of rotatable bonds is 4. The van der Waals surface area contributed by atoms with Crippen molar-refractivity contribution in [2.24, 2.45) is 11.8 Å². The third-order valence-electron chi connectivity index (χ3n) is 5.17. The van der Waals surface area contributed by atoms with Gasteiger partial charge in [-0.3, -0.25) is 4.79 Å². The molecule has 0 unspecified atom stereocenters. The molecule has 1 aromatic rings. The zero-order valence-corrected chi connectivity index (χ0v) is 16.2. The molecule has 2 atom stereocenters. The van der Waals surface area contributed by atoms with Gasteiger partial charge in [-0.15, -0.1) is 11.3 Å². The molecule has 1 aliphatic carbocycles. The lowest BCUT2D eigenvalue weighted by Gasteiger charge is -2.21. The fraction of sp³-hybridized carbons (Fsp3) is 0.706. The van der Waals surface area contributed by atoms with Gasteiger partial charge in [0.1, 0.15) is 0 Å². The molecule has 0 saturated carbocycles. The van der Waals surface area contributed by atoms with Crippen LogP contribution in [0.4, 0.5) is 0 Å². The summed E-state index contributed by atoms with van der Waals surface area (Å²) < 4.78 is 26.0. The van der Waals surface area contributed by atoms with Crippen LogP contribution in [0.25, 0.3) is 0 Å². The van der Waals surface area contributed by atoms with Gasteiger partial charge in [0.25, 0.3) is 5.91 Å². The molecular formula is C17H26N2O3S2. The summed E-state index contributed by atoms with van der Waals surface area (Å²) in [7, 11) is -3.28. The van der Waals surface area contributed by atoms with Crippen LogP contribution in [0.5, 0.6) is 0 Å². The zero-order chi connectivity index (χ0) is 17.5. The van der Waals surface area contributed by atoms with E-state index in [0.717, 1.165) is 24.1 Å². The Morgan fingerprint density at radius 2 is 2.00 bits per heavy atom. The summed E-state index contributed by atoms with van der Waals surface area (Å²) in [5, 5.41) is 2.13. The number of sulfonamides is 1. The van der Waals surface area contributed by atoms with Crippen molar-refractivity contribution in [1.82, 2.24) is 9.62 Å². The Kier molecular flexibility index (Phi) is 5.04. The second-order valence-corrected chi connectivity index (χ2v) is 10.0. The molecule has 0 bridgehead atoms. The standard InChI is InChI=1S/C17H26N2O3S2/c1-11(2)14-8-19(9-15(14)18-24(3,21)22)17(20)16-13-7-5-4-6-12(13)10-23-16/h10-11,14-15,18H,4-9H2,1-3H3/t14-,15+/m0/s1. The summed E-state index contributed by atoms with van der Waals surface area (Å²) in [5.41, 5.74) is 2.57. The van der Waals surface area contributed by atoms with Gasteiger partial charge in [0.05, 0.1) is 11.1 Å². The second kappa shape index (κ2) is 6.77. The Morgan fingerprint density at radius 1 is 1.29 bits per heavy atom. The van der Waals surface area contributed by atoms with Gasteiger partial charge in [0, 0.05) is 19.1 Å². The molecule has 2 aliphatic rings. The van der Waals surface area contributed by atoms with Crippen LogP contribution in [0.3, 0.4) is 0 Å². The van der Waals surface area contributed by atoms with Crippen molar-refractivity contribution in [1.29, 1.82) is 0 Å². The molecule has 1 N–H and O–H groups in total. The fourth-order valence-corrected chi connectivity index (χ4v) is 5.84. The minimum Gasteiger partial charge on any atom is -0.336 e. The largest absolute Gasteiger partial charge is 0.336 e. The summed E-state index contributed by atoms with van der Waals surface area (Å²) in [5.74, 6) is 0.547. The van der Waals surface area contributed by atoms with E-state index in [2.05, 4.69) is 23.9 Å². The molecule has 0 spiro atoms. The number of aryl methyl sites for hydroxylation is 1. The number of thiophene rings is 1. The minimum absolute atomic E-state index is 0.0756. The van der Waals surface area contributed by atoms with E-state index in [1.54, 1.807) is 11.3 Å². The first-order valence-electron chi connectivity index (χ1n) is 8.62. The Balaban J connectivity index is 1.80. The monoisotopic (exact) mass is 370 g/mol. The molecule has 0 aromatic carbocycles. The molecule has 5 nitrogen and oxygen atoms in total. The van der Waals surface area contributed by atoms with Gasteiger partial charge >= 0.3 is 0 Å². The van der Waals surface area contributed by atoms with Gasteiger partial charge in [0.15, 0.2) is 0 Å². The maximum absolute atomic E-state index is 13.0. The number of carbonyl (C=O) groups excluding carboxylic acids is 1. The summed E-state index contributed by atoms with van der Waals surface area (Å²) in [6, 6.07) is -0.195. The van der Waals surface area contributed by atoms with E-state index in [0.29, 0.717) is 19.0 Å². The lowest BCUT2D eigenvalue weighted by molar-refractivity contribution is 0.0786.